The summed E-state index contributed by atoms with van der Waals surface area (Å²) < 4.78 is 0. The van der Waals surface area contributed by atoms with Crippen molar-refractivity contribution in [2.45, 2.75) is 203 Å². The quantitative estimate of drug-likeness (QED) is 0.213. The summed E-state index contributed by atoms with van der Waals surface area (Å²) in [5, 5.41) is 0. The van der Waals surface area contributed by atoms with Gasteiger partial charge in [-0.1, -0.05) is 165 Å². The van der Waals surface area contributed by atoms with E-state index in [9.17, 15) is 0 Å². The fourth-order valence-corrected chi connectivity index (χ4v) is 6.34. The summed E-state index contributed by atoms with van der Waals surface area (Å²) in [6.45, 7) is 2.45. The zero-order chi connectivity index (χ0) is 18.7. The predicted molar refractivity (Wildman–Crippen MR) is 195 cm³/mol. The van der Waals surface area contributed by atoms with Crippen molar-refractivity contribution >= 4 is 8.41 Å². The second-order valence-corrected chi connectivity index (χ2v) is 10.7. The maximum Gasteiger partial charge on any atom is 0 e. The second-order valence-electron chi connectivity index (χ2n) is 10.7. The van der Waals surface area contributed by atoms with Gasteiger partial charge in [-0.15, -0.1) is 0 Å². The molecule has 4 saturated carbocycles. The molecule has 0 saturated heterocycles. The number of hydrogen-bond acceptors (Lipinski definition) is 0. The molecule has 0 spiro atoms. The van der Waals surface area contributed by atoms with E-state index >= 15 is 0 Å². The van der Waals surface area contributed by atoms with E-state index in [0.29, 0.717) is 0 Å². The summed E-state index contributed by atoms with van der Waals surface area (Å²) in [7, 11) is 0. The molecule has 0 nitrogen and oxygen atoms in total. The molecule has 0 aromatic heterocycles. The molecule has 4 aliphatic carbocycles. The third-order valence-corrected chi connectivity index (χ3v) is 8.31. The Kier molecular flexibility index (Phi) is 71.7. The summed E-state index contributed by atoms with van der Waals surface area (Å²) >= 11 is 0. The molecule has 246 valence electrons. The van der Waals surface area contributed by atoms with E-state index in [0.717, 1.165) is 29.6 Å². The van der Waals surface area contributed by atoms with Gasteiger partial charge in [0, 0.05) is 42.5 Å². The van der Waals surface area contributed by atoms with E-state index in [1.165, 1.54) is 70.6 Å². The first kappa shape index (κ1) is 67.7. The molecule has 4 aliphatic rings. The van der Waals surface area contributed by atoms with Crippen LogP contribution in [0.4, 0.5) is 0 Å². The van der Waals surface area contributed by atoms with Crippen molar-refractivity contribution < 1.29 is 34.1 Å². The van der Waals surface area contributed by atoms with Gasteiger partial charge in [0.25, 0.3) is 0 Å². The minimum absolute atomic E-state index is 0. The van der Waals surface area contributed by atoms with Crippen LogP contribution in [0, 0.1) is 42.4 Å². The van der Waals surface area contributed by atoms with Crippen LogP contribution < -0.4 is 0 Å². The molecule has 0 atom stereocenters. The first-order valence-electron chi connectivity index (χ1n) is 12.9. The van der Waals surface area contributed by atoms with E-state index in [1.807, 2.05) is 0 Å². The van der Waals surface area contributed by atoms with Gasteiger partial charge in [0.1, 0.15) is 0 Å². The molecule has 4 fully saturated rings. The van der Waals surface area contributed by atoms with Crippen LogP contribution in [0.1, 0.15) is 205 Å². The first-order valence-corrected chi connectivity index (χ1v) is 12.9. The van der Waals surface area contributed by atoms with Crippen LogP contribution in [0.3, 0.4) is 0 Å². The normalized spacial score (nSPS) is 24.8. The van der Waals surface area contributed by atoms with Crippen LogP contribution in [-0.4, -0.2) is 8.41 Å². The molecule has 4 rings (SSSR count). The fraction of sp³-hybridized carbons (Fsp3) is 0.946. The van der Waals surface area contributed by atoms with Gasteiger partial charge >= 0.3 is 0 Å². The van der Waals surface area contributed by atoms with Gasteiger partial charge in [-0.25, -0.2) is 0 Å². The Morgan fingerprint density at radius 1 is 0.436 bits per heavy atom. The van der Waals surface area contributed by atoms with Gasteiger partial charge in [-0.2, -0.15) is 25.7 Å². The van der Waals surface area contributed by atoms with E-state index in [1.54, 1.807) is 51.4 Å². The minimum atomic E-state index is 0. The summed E-state index contributed by atoms with van der Waals surface area (Å²) in [5.74, 6) is 5.38. The molecule has 0 unspecified atom stereocenters. The van der Waals surface area contributed by atoms with Gasteiger partial charge in [0.05, 0.1) is 0 Å². The number of rotatable bonds is 4. The maximum absolute atomic E-state index is 2.51. The minimum Gasteiger partial charge on any atom is -0.328 e. The Morgan fingerprint density at radius 3 is 1.00 bits per heavy atom. The van der Waals surface area contributed by atoms with Gasteiger partial charge in [0.2, 0.25) is 0 Å². The van der Waals surface area contributed by atoms with Crippen LogP contribution in [0.2, 0.25) is 0 Å². The van der Waals surface area contributed by atoms with Crippen LogP contribution in [-0.2, 0) is 32.7 Å². The number of hydrogen-bond donors (Lipinski definition) is 0. The summed E-state index contributed by atoms with van der Waals surface area (Å²) in [4.78, 5) is 0. The van der Waals surface area contributed by atoms with Crippen molar-refractivity contribution in [1.82, 2.24) is 0 Å². The molecule has 0 N–H and O–H groups in total. The van der Waals surface area contributed by atoms with Crippen LogP contribution in [0.25, 0.3) is 0 Å². The Balaban J connectivity index is -0.0000000447. The SMILES string of the molecule is C.C.C.C.C.C.C.C.C.C.CC1CCC(CC2CCC(CC3CC[CH-]CC3)CC2)CC1.[2HH].[B].[CH-]1CCCCC1.[Y]. The second kappa shape index (κ2) is 41.3. The fourth-order valence-electron chi connectivity index (χ4n) is 6.34. The summed E-state index contributed by atoms with van der Waals surface area (Å²) in [6.07, 6.45) is 33.3. The zero-order valence-corrected chi connectivity index (χ0v) is 22.5. The van der Waals surface area contributed by atoms with E-state index in [2.05, 4.69) is 19.8 Å². The Bertz CT molecular complexity index is 355. The van der Waals surface area contributed by atoms with Crippen LogP contribution >= 0.6 is 0 Å². The monoisotopic (exact) mass is 636 g/mol. The molecule has 0 heterocycles. The van der Waals surface area contributed by atoms with Gasteiger partial charge in [-0.3, -0.25) is 0 Å². The van der Waals surface area contributed by atoms with Crippen molar-refractivity contribution in [3.63, 3.8) is 0 Å². The molecule has 0 aliphatic heterocycles. The van der Waals surface area contributed by atoms with Crippen molar-refractivity contribution in [2.24, 2.45) is 29.6 Å². The zero-order valence-electron chi connectivity index (χ0n) is 19.6. The Morgan fingerprint density at radius 2 is 0.718 bits per heavy atom. The average molecular weight is 636 g/mol. The van der Waals surface area contributed by atoms with Crippen molar-refractivity contribution in [3.8, 4) is 0 Å². The Labute approximate surface area is 286 Å². The van der Waals surface area contributed by atoms with Crippen molar-refractivity contribution in [1.29, 1.82) is 0 Å². The van der Waals surface area contributed by atoms with Crippen LogP contribution in [0.15, 0.2) is 0 Å². The molecule has 0 amide bonds. The van der Waals surface area contributed by atoms with E-state index < -0.39 is 0 Å². The smallest absolute Gasteiger partial charge is 0 e. The molecule has 39 heavy (non-hydrogen) atoms. The molecule has 0 aromatic carbocycles. The molecule has 0 bridgehead atoms. The maximum atomic E-state index is 2.51. The molecule has 0 aromatic rings. The molecule has 2 heteroatoms. The predicted octanol–water partition coefficient (Wildman–Crippen LogP) is 15.2. The van der Waals surface area contributed by atoms with Gasteiger partial charge in [0.15, 0.2) is 0 Å². The average Bonchev–Trinajstić information content (AvgIpc) is 2.74. The van der Waals surface area contributed by atoms with Crippen molar-refractivity contribution in [2.75, 3.05) is 0 Å². The van der Waals surface area contributed by atoms with E-state index in [4.69, 9.17) is 0 Å². The van der Waals surface area contributed by atoms with Gasteiger partial charge < -0.3 is 12.8 Å². The van der Waals surface area contributed by atoms with E-state index in [-0.39, 0.29) is 117 Å². The summed E-state index contributed by atoms with van der Waals surface area (Å²) in [6, 6.07) is 0. The van der Waals surface area contributed by atoms with Gasteiger partial charge in [-0.05, 0) is 42.4 Å². The molecule has 4 radical (unpaired) electrons. The largest absolute Gasteiger partial charge is 0.328 e. The standard InChI is InChI=1S/C21H37.C6H11.10CH4.B.Y.H2/c1-17-7-9-19(10-8-17)16-21-13-11-20(12-14-21)15-18-5-3-2-4-6-18;1-2-4-6-5-3-1;;;;;;;;;;;;;/h2,17-21H,3-16H2,1H3;1H,2-6H2;10*1H4;;;1H/q2*-1;;;;;;;;;;;;;/i;;;;;;;;;;;;;;1+1. The van der Waals surface area contributed by atoms with Crippen LogP contribution in [0.5, 0.6) is 0 Å². The summed E-state index contributed by atoms with van der Waals surface area (Å²) in [5.41, 5.74) is 0. The third-order valence-electron chi connectivity index (χ3n) is 8.31. The van der Waals surface area contributed by atoms with Crippen molar-refractivity contribution in [3.05, 3.63) is 12.8 Å². The molecular weight excluding hydrogens is 544 g/mol. The first-order chi connectivity index (χ1) is 13.3. The Hall–Kier alpha value is 1.17. The topological polar surface area (TPSA) is 0 Å². The third kappa shape index (κ3) is 29.0. The molecular formula is C37H90BY-2.